The number of rotatable bonds is 2. The second-order valence-electron chi connectivity index (χ2n) is 2.39. The molecule has 0 saturated carbocycles. The van der Waals surface area contributed by atoms with Crippen molar-refractivity contribution in [2.75, 3.05) is 6.54 Å². The molecule has 1 unspecified atom stereocenters. The average molecular weight is 139 g/mol. The normalized spacial score (nSPS) is 24.8. The topological polar surface area (TPSA) is 46.5 Å². The summed E-state index contributed by atoms with van der Waals surface area (Å²) in [5.74, 6) is -0.0895. The molecule has 0 aromatic carbocycles. The molecule has 0 aromatic rings. The molecule has 3 nitrogen and oxygen atoms in total. The first-order valence-corrected chi connectivity index (χ1v) is 3.34. The van der Waals surface area contributed by atoms with Crippen molar-refractivity contribution in [2.45, 2.75) is 12.8 Å². The van der Waals surface area contributed by atoms with Gasteiger partial charge in [-0.25, -0.2) is 0 Å². The molecule has 1 rings (SSSR count). The molecule has 1 aliphatic rings. The second-order valence-corrected chi connectivity index (χ2v) is 2.39. The van der Waals surface area contributed by atoms with Crippen molar-refractivity contribution >= 4 is 5.78 Å². The van der Waals surface area contributed by atoms with E-state index in [-0.39, 0.29) is 18.2 Å². The quantitative estimate of drug-likeness (QED) is 0.541. The molecule has 0 N–H and O–H groups in total. The molecular formula is C7H9NO2. The third kappa shape index (κ3) is 1.50. The van der Waals surface area contributed by atoms with E-state index in [9.17, 15) is 9.70 Å². The van der Waals surface area contributed by atoms with Crippen LogP contribution in [0.25, 0.3) is 0 Å². The van der Waals surface area contributed by atoms with Crippen LogP contribution in [0, 0.1) is 10.8 Å². The highest BCUT2D eigenvalue weighted by Crippen LogP contribution is 2.14. The van der Waals surface area contributed by atoms with Gasteiger partial charge in [-0.1, -0.05) is 11.3 Å². The van der Waals surface area contributed by atoms with Crippen LogP contribution in [0.5, 0.6) is 0 Å². The van der Waals surface area contributed by atoms with E-state index in [1.54, 1.807) is 6.08 Å². The molecule has 0 fully saturated rings. The van der Waals surface area contributed by atoms with Gasteiger partial charge in [0.2, 0.25) is 0 Å². The van der Waals surface area contributed by atoms with Gasteiger partial charge in [0, 0.05) is 5.92 Å². The Labute approximate surface area is 59.1 Å². The van der Waals surface area contributed by atoms with E-state index in [1.807, 2.05) is 6.08 Å². The van der Waals surface area contributed by atoms with Crippen LogP contribution in [0.4, 0.5) is 0 Å². The van der Waals surface area contributed by atoms with Crippen molar-refractivity contribution in [2.24, 2.45) is 11.1 Å². The van der Waals surface area contributed by atoms with E-state index in [2.05, 4.69) is 5.18 Å². The van der Waals surface area contributed by atoms with E-state index in [0.717, 1.165) is 12.8 Å². The fourth-order valence-electron chi connectivity index (χ4n) is 1.05. The molecule has 0 aliphatic heterocycles. The lowest BCUT2D eigenvalue weighted by Gasteiger charge is -2.11. The number of hydrogen-bond acceptors (Lipinski definition) is 3. The van der Waals surface area contributed by atoms with Crippen molar-refractivity contribution < 1.29 is 4.79 Å². The van der Waals surface area contributed by atoms with Gasteiger partial charge < -0.3 is 0 Å². The van der Waals surface area contributed by atoms with Gasteiger partial charge in [-0.3, -0.25) is 4.79 Å². The Bertz CT molecular complexity index is 174. The largest absolute Gasteiger partial charge is 0.294 e. The SMILES string of the molecule is O=NCC1CCC=CC1=O. The first-order chi connectivity index (χ1) is 4.84. The maximum Gasteiger partial charge on any atom is 0.160 e. The fraction of sp³-hybridized carbons (Fsp3) is 0.571. The van der Waals surface area contributed by atoms with Gasteiger partial charge in [-0.05, 0) is 18.9 Å². The van der Waals surface area contributed by atoms with Gasteiger partial charge in [0.15, 0.2) is 5.78 Å². The van der Waals surface area contributed by atoms with Crippen molar-refractivity contribution in [3.63, 3.8) is 0 Å². The predicted octanol–water partition coefficient (Wildman–Crippen LogP) is 1.29. The Morgan fingerprint density at radius 3 is 3.10 bits per heavy atom. The third-order valence-electron chi connectivity index (χ3n) is 1.66. The molecule has 0 aromatic heterocycles. The van der Waals surface area contributed by atoms with Crippen molar-refractivity contribution in [1.82, 2.24) is 0 Å². The summed E-state index contributed by atoms with van der Waals surface area (Å²) < 4.78 is 0. The van der Waals surface area contributed by atoms with Gasteiger partial charge in [0.05, 0.1) is 6.54 Å². The minimum atomic E-state index is -0.137. The molecule has 54 valence electrons. The van der Waals surface area contributed by atoms with Crippen LogP contribution in [-0.4, -0.2) is 12.3 Å². The Hall–Kier alpha value is -0.990. The third-order valence-corrected chi connectivity index (χ3v) is 1.66. The number of carbonyl (C=O) groups excluding carboxylic acids is 1. The van der Waals surface area contributed by atoms with Gasteiger partial charge in [0.25, 0.3) is 0 Å². The lowest BCUT2D eigenvalue weighted by atomic mass is 9.93. The zero-order valence-corrected chi connectivity index (χ0v) is 5.62. The number of hydrogen-bond donors (Lipinski definition) is 0. The minimum Gasteiger partial charge on any atom is -0.294 e. The van der Waals surface area contributed by atoms with E-state index >= 15 is 0 Å². The van der Waals surface area contributed by atoms with Gasteiger partial charge in [-0.2, -0.15) is 4.91 Å². The molecule has 1 aliphatic carbocycles. The molecular weight excluding hydrogens is 130 g/mol. The molecule has 0 radical (unpaired) electrons. The van der Waals surface area contributed by atoms with Gasteiger partial charge >= 0.3 is 0 Å². The molecule has 0 saturated heterocycles. The van der Waals surface area contributed by atoms with Crippen LogP contribution in [-0.2, 0) is 4.79 Å². The minimum absolute atomic E-state index is 0.0471. The summed E-state index contributed by atoms with van der Waals surface area (Å²) in [6.07, 6.45) is 5.05. The number of ketones is 1. The first kappa shape index (κ1) is 7.12. The lowest BCUT2D eigenvalue weighted by Crippen LogP contribution is -2.17. The maximum atomic E-state index is 10.9. The maximum absolute atomic E-state index is 10.9. The monoisotopic (exact) mass is 139 g/mol. The van der Waals surface area contributed by atoms with Gasteiger partial charge in [-0.15, -0.1) is 0 Å². The number of nitrogens with zero attached hydrogens (tertiary/aromatic N) is 1. The molecule has 0 bridgehead atoms. The highest BCUT2D eigenvalue weighted by atomic mass is 16.3. The van der Waals surface area contributed by atoms with Crippen LogP contribution in [0.3, 0.4) is 0 Å². The Morgan fingerprint density at radius 2 is 2.50 bits per heavy atom. The summed E-state index contributed by atoms with van der Waals surface area (Å²) in [4.78, 5) is 20.7. The number of nitroso groups, excluding NO2 is 1. The number of carbonyl (C=O) groups is 1. The molecule has 3 heteroatoms. The van der Waals surface area contributed by atoms with Crippen LogP contribution in [0.1, 0.15) is 12.8 Å². The van der Waals surface area contributed by atoms with E-state index in [1.165, 1.54) is 0 Å². The molecule has 0 amide bonds. The summed E-state index contributed by atoms with van der Waals surface area (Å²) in [5.41, 5.74) is 0. The van der Waals surface area contributed by atoms with Crippen LogP contribution in [0.15, 0.2) is 17.3 Å². The summed E-state index contributed by atoms with van der Waals surface area (Å²) >= 11 is 0. The number of allylic oxidation sites excluding steroid dienone is 2. The zero-order valence-electron chi connectivity index (χ0n) is 5.62. The standard InChI is InChI=1S/C7H9NO2/c9-7-4-2-1-3-6(7)5-8-10/h2,4,6H,1,3,5H2. The molecule has 10 heavy (non-hydrogen) atoms. The molecule has 0 heterocycles. The predicted molar refractivity (Wildman–Crippen MR) is 37.5 cm³/mol. The fourth-order valence-corrected chi connectivity index (χ4v) is 1.05. The Kier molecular flexibility index (Phi) is 2.31. The van der Waals surface area contributed by atoms with Crippen molar-refractivity contribution in [3.05, 3.63) is 17.1 Å². The highest BCUT2D eigenvalue weighted by molar-refractivity contribution is 5.92. The first-order valence-electron chi connectivity index (χ1n) is 3.34. The average Bonchev–Trinajstić information content (AvgIpc) is 1.94. The van der Waals surface area contributed by atoms with E-state index in [4.69, 9.17) is 0 Å². The highest BCUT2D eigenvalue weighted by Gasteiger charge is 2.17. The molecule has 1 atom stereocenters. The molecule has 0 spiro atoms. The summed E-state index contributed by atoms with van der Waals surface area (Å²) in [6.45, 7) is 0.142. The summed E-state index contributed by atoms with van der Waals surface area (Å²) in [5, 5.41) is 2.71. The summed E-state index contributed by atoms with van der Waals surface area (Å²) in [6, 6.07) is 0. The van der Waals surface area contributed by atoms with Gasteiger partial charge in [0.1, 0.15) is 0 Å². The van der Waals surface area contributed by atoms with E-state index in [0.29, 0.717) is 0 Å². The smallest absolute Gasteiger partial charge is 0.160 e. The van der Waals surface area contributed by atoms with Crippen molar-refractivity contribution in [1.29, 1.82) is 0 Å². The Balaban J connectivity index is 2.52. The van der Waals surface area contributed by atoms with Crippen LogP contribution < -0.4 is 0 Å². The van der Waals surface area contributed by atoms with Crippen molar-refractivity contribution in [3.8, 4) is 0 Å². The lowest BCUT2D eigenvalue weighted by molar-refractivity contribution is -0.118. The zero-order chi connectivity index (χ0) is 7.40. The van der Waals surface area contributed by atoms with Crippen LogP contribution >= 0.6 is 0 Å². The summed E-state index contributed by atoms with van der Waals surface area (Å²) in [7, 11) is 0. The second kappa shape index (κ2) is 3.25. The van der Waals surface area contributed by atoms with E-state index < -0.39 is 0 Å². The Morgan fingerprint density at radius 1 is 1.70 bits per heavy atom. The van der Waals surface area contributed by atoms with Crippen LogP contribution in [0.2, 0.25) is 0 Å².